The largest absolute Gasteiger partial charge is 0.493 e. The van der Waals surface area contributed by atoms with Gasteiger partial charge < -0.3 is 14.2 Å². The number of benzene rings is 2. The van der Waals surface area contributed by atoms with Crippen LogP contribution in [0.3, 0.4) is 0 Å². The standard InChI is InChI=1S/C19H20ClNO6S/c1-2-26-16-10-15(27-9-8-25-12-14-6-4-3-5-7-14)11-17-18(16)19(22)21(13-20)28(17,23)24/h3-7,10-11H,2,8-9,12-13H2,1H3. The molecule has 0 fully saturated rings. The first-order valence-electron chi connectivity index (χ1n) is 8.67. The van der Waals surface area contributed by atoms with Crippen LogP contribution in [0.5, 0.6) is 11.5 Å². The van der Waals surface area contributed by atoms with E-state index in [0.717, 1.165) is 5.56 Å². The van der Waals surface area contributed by atoms with Gasteiger partial charge in [0.2, 0.25) is 0 Å². The molecular formula is C19H20ClNO6S. The third kappa shape index (κ3) is 4.09. The highest BCUT2D eigenvalue weighted by Gasteiger charge is 2.43. The molecule has 0 atom stereocenters. The molecule has 1 amide bonds. The maximum atomic E-state index is 12.6. The molecule has 150 valence electrons. The van der Waals surface area contributed by atoms with E-state index < -0.39 is 21.9 Å². The molecule has 0 saturated heterocycles. The average Bonchev–Trinajstić information content (AvgIpc) is 2.88. The molecule has 7 nitrogen and oxygen atoms in total. The lowest BCUT2D eigenvalue weighted by atomic mass is 10.1. The number of hydrogen-bond acceptors (Lipinski definition) is 6. The number of hydrogen-bond donors (Lipinski definition) is 0. The normalized spacial score (nSPS) is 14.8. The van der Waals surface area contributed by atoms with E-state index in [9.17, 15) is 13.2 Å². The van der Waals surface area contributed by atoms with Crippen LogP contribution in [0, 0.1) is 0 Å². The van der Waals surface area contributed by atoms with Crippen molar-refractivity contribution >= 4 is 27.5 Å². The minimum Gasteiger partial charge on any atom is -0.493 e. The summed E-state index contributed by atoms with van der Waals surface area (Å²) in [7, 11) is -4.02. The van der Waals surface area contributed by atoms with Gasteiger partial charge in [0.05, 0.1) is 19.8 Å². The summed E-state index contributed by atoms with van der Waals surface area (Å²) in [4.78, 5) is 12.2. The second-order valence-corrected chi connectivity index (χ2v) is 7.96. The molecule has 3 rings (SSSR count). The van der Waals surface area contributed by atoms with Crippen LogP contribution in [0.4, 0.5) is 0 Å². The minimum absolute atomic E-state index is 0.0184. The number of carbonyl (C=O) groups is 1. The van der Waals surface area contributed by atoms with Crippen LogP contribution in [0.1, 0.15) is 22.8 Å². The molecule has 0 unspecified atom stereocenters. The molecular weight excluding hydrogens is 406 g/mol. The minimum atomic E-state index is -4.02. The molecule has 2 aromatic carbocycles. The summed E-state index contributed by atoms with van der Waals surface area (Å²) < 4.78 is 42.3. The Morgan fingerprint density at radius 2 is 1.82 bits per heavy atom. The highest BCUT2D eigenvalue weighted by molar-refractivity contribution is 7.90. The van der Waals surface area contributed by atoms with Gasteiger partial charge in [-0.1, -0.05) is 30.3 Å². The Balaban J connectivity index is 1.71. The van der Waals surface area contributed by atoms with Crippen molar-refractivity contribution in [2.45, 2.75) is 18.4 Å². The van der Waals surface area contributed by atoms with Crippen molar-refractivity contribution in [3.63, 3.8) is 0 Å². The van der Waals surface area contributed by atoms with Crippen molar-refractivity contribution in [1.29, 1.82) is 0 Å². The predicted octanol–water partition coefficient (Wildman–Crippen LogP) is 3.02. The lowest BCUT2D eigenvalue weighted by Gasteiger charge is -2.11. The average molecular weight is 426 g/mol. The predicted molar refractivity (Wildman–Crippen MR) is 103 cm³/mol. The Morgan fingerprint density at radius 3 is 2.50 bits per heavy atom. The zero-order chi connectivity index (χ0) is 20.1. The zero-order valence-electron chi connectivity index (χ0n) is 15.3. The Labute approximate surface area is 168 Å². The Kier molecular flexibility index (Phi) is 6.43. The molecule has 9 heteroatoms. The molecule has 0 bridgehead atoms. The van der Waals surface area contributed by atoms with Gasteiger partial charge in [-0.05, 0) is 12.5 Å². The molecule has 0 saturated carbocycles. The first-order valence-corrected chi connectivity index (χ1v) is 10.6. The van der Waals surface area contributed by atoms with E-state index in [0.29, 0.717) is 17.5 Å². The maximum absolute atomic E-state index is 12.6. The van der Waals surface area contributed by atoms with Crippen molar-refractivity contribution in [2.24, 2.45) is 0 Å². The van der Waals surface area contributed by atoms with Crippen molar-refractivity contribution in [1.82, 2.24) is 4.31 Å². The number of halogens is 1. The second-order valence-electron chi connectivity index (χ2n) is 5.89. The van der Waals surface area contributed by atoms with Gasteiger partial charge in [-0.15, -0.1) is 11.6 Å². The lowest BCUT2D eigenvalue weighted by Crippen LogP contribution is -2.28. The van der Waals surface area contributed by atoms with Gasteiger partial charge in [-0.3, -0.25) is 4.79 Å². The molecule has 0 spiro atoms. The van der Waals surface area contributed by atoms with Gasteiger partial charge in [-0.25, -0.2) is 12.7 Å². The Hall–Kier alpha value is -2.29. The van der Waals surface area contributed by atoms with Crippen LogP contribution >= 0.6 is 11.6 Å². The molecule has 28 heavy (non-hydrogen) atoms. The molecule has 1 aliphatic rings. The Bertz CT molecular complexity index is 948. The molecule has 0 radical (unpaired) electrons. The van der Waals surface area contributed by atoms with E-state index in [-0.39, 0.29) is 35.2 Å². The molecule has 0 aromatic heterocycles. The monoisotopic (exact) mass is 425 g/mol. The van der Waals surface area contributed by atoms with Gasteiger partial charge in [0, 0.05) is 12.1 Å². The van der Waals surface area contributed by atoms with Gasteiger partial charge in [0.25, 0.3) is 15.9 Å². The summed E-state index contributed by atoms with van der Waals surface area (Å²) in [6.07, 6.45) is 0. The maximum Gasteiger partial charge on any atom is 0.273 e. The topological polar surface area (TPSA) is 82.1 Å². The highest BCUT2D eigenvalue weighted by atomic mass is 35.5. The summed E-state index contributed by atoms with van der Waals surface area (Å²) in [5, 5.41) is 0. The van der Waals surface area contributed by atoms with E-state index in [1.807, 2.05) is 30.3 Å². The number of nitrogens with zero attached hydrogens (tertiary/aromatic N) is 1. The molecule has 1 heterocycles. The second kappa shape index (κ2) is 8.81. The summed E-state index contributed by atoms with van der Waals surface area (Å²) >= 11 is 5.65. The van der Waals surface area contributed by atoms with E-state index in [2.05, 4.69) is 0 Å². The van der Waals surface area contributed by atoms with Gasteiger partial charge in [0.1, 0.15) is 34.6 Å². The van der Waals surface area contributed by atoms with Crippen LogP contribution in [-0.2, 0) is 21.4 Å². The highest BCUT2D eigenvalue weighted by Crippen LogP contribution is 2.39. The fourth-order valence-electron chi connectivity index (χ4n) is 2.79. The third-order valence-electron chi connectivity index (χ3n) is 4.06. The van der Waals surface area contributed by atoms with Crippen molar-refractivity contribution in [2.75, 3.05) is 25.8 Å². The number of rotatable bonds is 9. The summed E-state index contributed by atoms with van der Waals surface area (Å²) in [5.41, 5.74) is 1.03. The Morgan fingerprint density at radius 1 is 1.07 bits per heavy atom. The van der Waals surface area contributed by atoms with Crippen LogP contribution in [0.25, 0.3) is 0 Å². The molecule has 1 aliphatic heterocycles. The molecule has 0 aliphatic carbocycles. The van der Waals surface area contributed by atoms with Gasteiger partial charge in [0.15, 0.2) is 0 Å². The summed E-state index contributed by atoms with van der Waals surface area (Å²) in [6, 6.07) is 12.1. The van der Waals surface area contributed by atoms with Gasteiger partial charge in [-0.2, -0.15) is 0 Å². The summed E-state index contributed by atoms with van der Waals surface area (Å²) in [6.45, 7) is 2.99. The smallest absolute Gasteiger partial charge is 0.273 e. The SMILES string of the molecule is CCOc1cc(OCCOCc2ccccc2)cc2c1C(=O)N(CCl)S2(=O)=O. The van der Waals surface area contributed by atoms with E-state index >= 15 is 0 Å². The number of fused-ring (bicyclic) bond motifs is 1. The van der Waals surface area contributed by atoms with Crippen LogP contribution < -0.4 is 9.47 Å². The van der Waals surface area contributed by atoms with E-state index in [1.54, 1.807) is 6.92 Å². The summed E-state index contributed by atoms with van der Waals surface area (Å²) in [5.74, 6) is -0.272. The van der Waals surface area contributed by atoms with Crippen molar-refractivity contribution < 1.29 is 27.4 Å². The first-order chi connectivity index (χ1) is 13.5. The number of alkyl halides is 1. The number of sulfonamides is 1. The molecule has 2 aromatic rings. The first kappa shape index (κ1) is 20.4. The number of carbonyl (C=O) groups excluding carboxylic acids is 1. The zero-order valence-corrected chi connectivity index (χ0v) is 16.8. The van der Waals surface area contributed by atoms with Crippen LogP contribution in [0.15, 0.2) is 47.4 Å². The quantitative estimate of drug-likeness (QED) is 0.349. The van der Waals surface area contributed by atoms with Gasteiger partial charge >= 0.3 is 0 Å². The molecule has 0 N–H and O–H groups in total. The third-order valence-corrected chi connectivity index (χ3v) is 6.20. The van der Waals surface area contributed by atoms with Crippen molar-refractivity contribution in [3.8, 4) is 11.5 Å². The van der Waals surface area contributed by atoms with E-state index in [1.165, 1.54) is 12.1 Å². The fourth-order valence-corrected chi connectivity index (χ4v) is 4.67. The lowest BCUT2D eigenvalue weighted by molar-refractivity contribution is 0.0876. The van der Waals surface area contributed by atoms with Crippen molar-refractivity contribution in [3.05, 3.63) is 53.6 Å². The van der Waals surface area contributed by atoms with Crippen LogP contribution in [-0.4, -0.2) is 44.5 Å². The number of amides is 1. The fraction of sp³-hybridized carbons (Fsp3) is 0.316. The van der Waals surface area contributed by atoms with E-state index in [4.69, 9.17) is 25.8 Å². The van der Waals surface area contributed by atoms with Crippen LogP contribution in [0.2, 0.25) is 0 Å². The number of ether oxygens (including phenoxy) is 3.